The highest BCUT2D eigenvalue weighted by Crippen LogP contribution is 2.27. The summed E-state index contributed by atoms with van der Waals surface area (Å²) in [7, 11) is 0. The molecule has 1 heterocycles. The summed E-state index contributed by atoms with van der Waals surface area (Å²) in [5.41, 5.74) is 0. The van der Waals surface area contributed by atoms with Crippen LogP contribution in [0.4, 0.5) is 0 Å². The van der Waals surface area contributed by atoms with Gasteiger partial charge in [0.15, 0.2) is 6.61 Å². The molecule has 21 heavy (non-hydrogen) atoms. The molecular weight excluding hydrogens is 374 g/mol. The van der Waals surface area contributed by atoms with Crippen LogP contribution in [-0.2, 0) is 17.8 Å². The molecule has 0 unspecified atom stereocenters. The minimum absolute atomic E-state index is 0.0216. The monoisotopic (exact) mass is 387 g/mol. The molecule has 0 saturated carbocycles. The Kier molecular flexibility index (Phi) is 6.08. The number of amides is 1. The molecule has 6 heteroatoms. The molecule has 0 bridgehead atoms. The van der Waals surface area contributed by atoms with Crippen molar-refractivity contribution >= 4 is 44.8 Å². The SMILES string of the molecule is CCc1ccc(CNC(=O)COc2ccc(Cl)cc2Br)s1. The summed E-state index contributed by atoms with van der Waals surface area (Å²) >= 11 is 10.9. The van der Waals surface area contributed by atoms with Gasteiger partial charge in [-0.2, -0.15) is 0 Å². The number of aryl methyl sites for hydroxylation is 1. The lowest BCUT2D eigenvalue weighted by Crippen LogP contribution is -2.28. The summed E-state index contributed by atoms with van der Waals surface area (Å²) in [6.45, 7) is 2.63. The van der Waals surface area contributed by atoms with Gasteiger partial charge in [-0.25, -0.2) is 0 Å². The van der Waals surface area contributed by atoms with E-state index in [9.17, 15) is 4.79 Å². The summed E-state index contributed by atoms with van der Waals surface area (Å²) < 4.78 is 6.18. The van der Waals surface area contributed by atoms with E-state index < -0.39 is 0 Å². The minimum atomic E-state index is -0.150. The van der Waals surface area contributed by atoms with Crippen LogP contribution in [0.3, 0.4) is 0 Å². The Balaban J connectivity index is 1.79. The van der Waals surface area contributed by atoms with E-state index in [1.807, 2.05) is 6.07 Å². The third kappa shape index (κ3) is 5.02. The van der Waals surface area contributed by atoms with E-state index in [2.05, 4.69) is 34.2 Å². The first kappa shape index (κ1) is 16.3. The minimum Gasteiger partial charge on any atom is -0.483 e. The van der Waals surface area contributed by atoms with E-state index in [4.69, 9.17) is 16.3 Å². The fourth-order valence-corrected chi connectivity index (χ4v) is 3.37. The molecule has 1 N–H and O–H groups in total. The van der Waals surface area contributed by atoms with Crippen molar-refractivity contribution in [3.05, 3.63) is 49.6 Å². The Hall–Kier alpha value is -1.04. The predicted molar refractivity (Wildman–Crippen MR) is 90.2 cm³/mol. The van der Waals surface area contributed by atoms with Crippen LogP contribution < -0.4 is 10.1 Å². The van der Waals surface area contributed by atoms with Crippen LogP contribution >= 0.6 is 38.9 Å². The zero-order valence-electron chi connectivity index (χ0n) is 11.5. The first-order valence-corrected chi connectivity index (χ1v) is 8.49. The fraction of sp³-hybridized carbons (Fsp3) is 0.267. The third-order valence-corrected chi connectivity index (χ3v) is 4.86. The molecule has 0 spiro atoms. The van der Waals surface area contributed by atoms with Crippen molar-refractivity contribution in [3.8, 4) is 5.75 Å². The molecule has 1 aromatic carbocycles. The number of ether oxygens (including phenoxy) is 1. The topological polar surface area (TPSA) is 38.3 Å². The molecule has 0 radical (unpaired) electrons. The molecule has 1 amide bonds. The van der Waals surface area contributed by atoms with Crippen molar-refractivity contribution in [2.24, 2.45) is 0 Å². The lowest BCUT2D eigenvalue weighted by molar-refractivity contribution is -0.123. The van der Waals surface area contributed by atoms with E-state index in [0.717, 1.165) is 15.8 Å². The Morgan fingerprint density at radius 3 is 2.76 bits per heavy atom. The lowest BCUT2D eigenvalue weighted by atomic mass is 10.3. The second-order valence-corrected chi connectivity index (χ2v) is 6.91. The molecule has 0 fully saturated rings. The average molecular weight is 389 g/mol. The second-order valence-electron chi connectivity index (χ2n) is 4.36. The third-order valence-electron chi connectivity index (χ3n) is 2.78. The summed E-state index contributed by atoms with van der Waals surface area (Å²) in [5.74, 6) is 0.447. The average Bonchev–Trinajstić information content (AvgIpc) is 2.92. The first-order chi connectivity index (χ1) is 10.1. The van der Waals surface area contributed by atoms with E-state index in [0.29, 0.717) is 17.3 Å². The van der Waals surface area contributed by atoms with Crippen LogP contribution in [0.5, 0.6) is 5.75 Å². The maximum absolute atomic E-state index is 11.8. The maximum atomic E-state index is 11.8. The highest BCUT2D eigenvalue weighted by Gasteiger charge is 2.07. The van der Waals surface area contributed by atoms with E-state index in [1.54, 1.807) is 29.5 Å². The Labute approximate surface area is 141 Å². The van der Waals surface area contributed by atoms with Gasteiger partial charge in [-0.15, -0.1) is 11.3 Å². The number of thiophene rings is 1. The van der Waals surface area contributed by atoms with Crippen molar-refractivity contribution in [2.75, 3.05) is 6.61 Å². The molecule has 112 valence electrons. The zero-order chi connectivity index (χ0) is 15.2. The van der Waals surface area contributed by atoms with Crippen molar-refractivity contribution < 1.29 is 9.53 Å². The van der Waals surface area contributed by atoms with Crippen molar-refractivity contribution in [1.29, 1.82) is 0 Å². The molecule has 0 saturated heterocycles. The van der Waals surface area contributed by atoms with Gasteiger partial charge in [0.2, 0.25) is 0 Å². The quantitative estimate of drug-likeness (QED) is 0.795. The van der Waals surface area contributed by atoms with Gasteiger partial charge in [-0.05, 0) is 52.7 Å². The first-order valence-electron chi connectivity index (χ1n) is 6.50. The number of carbonyl (C=O) groups excluding carboxylic acids is 1. The predicted octanol–water partition coefficient (Wildman–Crippen LogP) is 4.42. The van der Waals surface area contributed by atoms with Crippen molar-refractivity contribution in [2.45, 2.75) is 19.9 Å². The van der Waals surface area contributed by atoms with Crippen LogP contribution in [0.15, 0.2) is 34.8 Å². The van der Waals surface area contributed by atoms with Gasteiger partial charge in [-0.1, -0.05) is 18.5 Å². The second kappa shape index (κ2) is 7.82. The standard InChI is InChI=1S/C15H15BrClNO2S/c1-2-11-4-5-12(21-11)8-18-15(19)9-20-14-6-3-10(17)7-13(14)16/h3-7H,2,8-9H2,1H3,(H,18,19). The number of hydrogen-bond donors (Lipinski definition) is 1. The smallest absolute Gasteiger partial charge is 0.258 e. The van der Waals surface area contributed by atoms with Crippen molar-refractivity contribution in [1.82, 2.24) is 5.32 Å². The molecule has 3 nitrogen and oxygen atoms in total. The Bertz CT molecular complexity index is 630. The molecular formula is C15H15BrClNO2S. The number of benzene rings is 1. The van der Waals surface area contributed by atoms with E-state index in [-0.39, 0.29) is 12.5 Å². The summed E-state index contributed by atoms with van der Waals surface area (Å²) in [6, 6.07) is 9.31. The van der Waals surface area contributed by atoms with Crippen LogP contribution in [0.25, 0.3) is 0 Å². The normalized spacial score (nSPS) is 10.4. The fourth-order valence-electron chi connectivity index (χ4n) is 1.68. The summed E-state index contributed by atoms with van der Waals surface area (Å²) in [6.07, 6.45) is 1.02. The van der Waals surface area contributed by atoms with Gasteiger partial charge >= 0.3 is 0 Å². The molecule has 0 atom stereocenters. The molecule has 1 aromatic heterocycles. The van der Waals surface area contributed by atoms with Crippen LogP contribution in [0.2, 0.25) is 5.02 Å². The Morgan fingerprint density at radius 2 is 2.10 bits per heavy atom. The molecule has 0 aliphatic rings. The Morgan fingerprint density at radius 1 is 1.33 bits per heavy atom. The number of carbonyl (C=O) groups is 1. The lowest BCUT2D eigenvalue weighted by Gasteiger charge is -2.08. The largest absolute Gasteiger partial charge is 0.483 e. The highest BCUT2D eigenvalue weighted by molar-refractivity contribution is 9.10. The van der Waals surface area contributed by atoms with Gasteiger partial charge in [0.25, 0.3) is 5.91 Å². The van der Waals surface area contributed by atoms with Crippen LogP contribution in [0, 0.1) is 0 Å². The number of nitrogens with one attached hydrogen (secondary N) is 1. The van der Waals surface area contributed by atoms with Gasteiger partial charge in [-0.3, -0.25) is 4.79 Å². The van der Waals surface area contributed by atoms with Crippen molar-refractivity contribution in [3.63, 3.8) is 0 Å². The number of halogens is 2. The van der Waals surface area contributed by atoms with Gasteiger partial charge in [0, 0.05) is 14.8 Å². The van der Waals surface area contributed by atoms with E-state index >= 15 is 0 Å². The molecule has 2 rings (SSSR count). The van der Waals surface area contributed by atoms with Crippen LogP contribution in [0.1, 0.15) is 16.7 Å². The number of rotatable bonds is 6. The van der Waals surface area contributed by atoms with Gasteiger partial charge in [0.05, 0.1) is 11.0 Å². The van der Waals surface area contributed by atoms with Crippen LogP contribution in [-0.4, -0.2) is 12.5 Å². The zero-order valence-corrected chi connectivity index (χ0v) is 14.6. The summed E-state index contributed by atoms with van der Waals surface area (Å²) in [5, 5.41) is 3.46. The summed E-state index contributed by atoms with van der Waals surface area (Å²) in [4.78, 5) is 14.2. The van der Waals surface area contributed by atoms with Gasteiger partial charge < -0.3 is 10.1 Å². The highest BCUT2D eigenvalue weighted by atomic mass is 79.9. The van der Waals surface area contributed by atoms with Gasteiger partial charge in [0.1, 0.15) is 5.75 Å². The molecule has 0 aliphatic carbocycles. The van der Waals surface area contributed by atoms with E-state index in [1.165, 1.54) is 4.88 Å². The molecule has 2 aromatic rings. The molecule has 0 aliphatic heterocycles. The number of hydrogen-bond acceptors (Lipinski definition) is 3. The maximum Gasteiger partial charge on any atom is 0.258 e.